The van der Waals surface area contributed by atoms with E-state index in [1.807, 2.05) is 6.92 Å². The highest BCUT2D eigenvalue weighted by molar-refractivity contribution is 5.26. The first-order chi connectivity index (χ1) is 9.29. The summed E-state index contributed by atoms with van der Waals surface area (Å²) in [6.45, 7) is 2.77. The minimum absolute atomic E-state index is 0.0542. The fraction of sp³-hybridized carbons (Fsp3) is 0.588. The third-order valence-electron chi connectivity index (χ3n) is 4.11. The fourth-order valence-electron chi connectivity index (χ4n) is 2.87. The van der Waals surface area contributed by atoms with Crippen LogP contribution in [0.15, 0.2) is 24.3 Å². The van der Waals surface area contributed by atoms with Crippen molar-refractivity contribution in [2.75, 3.05) is 6.54 Å². The molecule has 1 N–H and O–H groups in total. The van der Waals surface area contributed by atoms with Crippen LogP contribution in [0.1, 0.15) is 56.1 Å². The second-order valence-electron chi connectivity index (χ2n) is 5.63. The highest BCUT2D eigenvalue weighted by Gasteiger charge is 2.14. The zero-order valence-electron chi connectivity index (χ0n) is 11.9. The quantitative estimate of drug-likeness (QED) is 0.870. The second kappa shape index (κ2) is 7.31. The average molecular weight is 256 g/mol. The Morgan fingerprint density at radius 1 is 1.21 bits per heavy atom. The number of nitrogens with zero attached hydrogens (tertiary/aromatic N) is 1. The summed E-state index contributed by atoms with van der Waals surface area (Å²) in [5.74, 6) is 0.791. The average Bonchev–Trinajstić information content (AvgIpc) is 2.48. The molecule has 1 aromatic rings. The molecule has 0 amide bonds. The molecule has 102 valence electrons. The van der Waals surface area contributed by atoms with Crippen LogP contribution in [-0.4, -0.2) is 12.6 Å². The van der Waals surface area contributed by atoms with Gasteiger partial charge in [-0.05, 0) is 43.2 Å². The molecule has 0 radical (unpaired) electrons. The summed E-state index contributed by atoms with van der Waals surface area (Å²) in [7, 11) is 0. The van der Waals surface area contributed by atoms with Gasteiger partial charge in [0.2, 0.25) is 0 Å². The summed E-state index contributed by atoms with van der Waals surface area (Å²) < 4.78 is 0. The number of hydrogen-bond acceptors (Lipinski definition) is 2. The summed E-state index contributed by atoms with van der Waals surface area (Å²) >= 11 is 0. The molecule has 2 heteroatoms. The van der Waals surface area contributed by atoms with Crippen molar-refractivity contribution in [3.8, 4) is 6.07 Å². The van der Waals surface area contributed by atoms with Gasteiger partial charge < -0.3 is 5.32 Å². The molecule has 0 bridgehead atoms. The van der Waals surface area contributed by atoms with E-state index in [0.29, 0.717) is 0 Å². The zero-order valence-corrected chi connectivity index (χ0v) is 11.9. The van der Waals surface area contributed by atoms with Crippen LogP contribution in [0.3, 0.4) is 0 Å². The highest BCUT2D eigenvalue weighted by atomic mass is 14.9. The monoisotopic (exact) mass is 256 g/mol. The van der Waals surface area contributed by atoms with E-state index >= 15 is 0 Å². The van der Waals surface area contributed by atoms with E-state index in [4.69, 9.17) is 5.26 Å². The van der Waals surface area contributed by atoms with Crippen molar-refractivity contribution >= 4 is 0 Å². The Morgan fingerprint density at radius 3 is 2.53 bits per heavy atom. The van der Waals surface area contributed by atoms with Crippen molar-refractivity contribution in [1.82, 2.24) is 5.32 Å². The summed E-state index contributed by atoms with van der Waals surface area (Å²) in [5.41, 5.74) is 2.87. The summed E-state index contributed by atoms with van der Waals surface area (Å²) in [6.07, 6.45) is 7.92. The SMILES string of the molecule is CC(C#N)NCCc1ccc(C2CCCCC2)cc1. The Kier molecular flexibility index (Phi) is 5.42. The van der Waals surface area contributed by atoms with Gasteiger partial charge in [0.1, 0.15) is 0 Å². The van der Waals surface area contributed by atoms with E-state index in [0.717, 1.165) is 18.9 Å². The lowest BCUT2D eigenvalue weighted by Gasteiger charge is -2.22. The van der Waals surface area contributed by atoms with Crippen molar-refractivity contribution in [2.24, 2.45) is 0 Å². The molecule has 0 spiro atoms. The first kappa shape index (κ1) is 14.1. The largest absolute Gasteiger partial charge is 0.302 e. The van der Waals surface area contributed by atoms with Gasteiger partial charge in [0.05, 0.1) is 12.1 Å². The maximum absolute atomic E-state index is 8.70. The van der Waals surface area contributed by atoms with Crippen molar-refractivity contribution in [2.45, 2.75) is 57.4 Å². The Morgan fingerprint density at radius 2 is 1.89 bits per heavy atom. The van der Waals surface area contributed by atoms with Crippen molar-refractivity contribution in [3.63, 3.8) is 0 Å². The highest BCUT2D eigenvalue weighted by Crippen LogP contribution is 2.32. The van der Waals surface area contributed by atoms with Crippen LogP contribution in [0.25, 0.3) is 0 Å². The zero-order chi connectivity index (χ0) is 13.5. The van der Waals surface area contributed by atoms with Gasteiger partial charge in [0.15, 0.2) is 0 Å². The third kappa shape index (κ3) is 4.36. The number of benzene rings is 1. The Hall–Kier alpha value is -1.33. The van der Waals surface area contributed by atoms with Gasteiger partial charge in [-0.3, -0.25) is 0 Å². The molecule has 1 aliphatic carbocycles. The molecule has 0 aliphatic heterocycles. The van der Waals surface area contributed by atoms with E-state index in [-0.39, 0.29) is 6.04 Å². The van der Waals surface area contributed by atoms with Crippen molar-refractivity contribution < 1.29 is 0 Å². The molecular weight excluding hydrogens is 232 g/mol. The van der Waals surface area contributed by atoms with E-state index < -0.39 is 0 Å². The Bertz CT molecular complexity index is 410. The molecule has 2 nitrogen and oxygen atoms in total. The molecule has 0 saturated heterocycles. The van der Waals surface area contributed by atoms with Gasteiger partial charge in [-0.25, -0.2) is 0 Å². The fourth-order valence-corrected chi connectivity index (χ4v) is 2.87. The second-order valence-corrected chi connectivity index (χ2v) is 5.63. The number of nitrogens with one attached hydrogen (secondary N) is 1. The van der Waals surface area contributed by atoms with E-state index in [1.165, 1.54) is 43.2 Å². The van der Waals surface area contributed by atoms with Gasteiger partial charge in [-0.1, -0.05) is 43.5 Å². The molecule has 1 aromatic carbocycles. The summed E-state index contributed by atoms with van der Waals surface area (Å²) in [4.78, 5) is 0. The molecule has 19 heavy (non-hydrogen) atoms. The van der Waals surface area contributed by atoms with Gasteiger partial charge in [0, 0.05) is 6.54 Å². The van der Waals surface area contributed by atoms with Crippen LogP contribution in [0.4, 0.5) is 0 Å². The predicted molar refractivity (Wildman–Crippen MR) is 79.0 cm³/mol. The Balaban J connectivity index is 1.82. The minimum Gasteiger partial charge on any atom is -0.302 e. The smallest absolute Gasteiger partial charge is 0.0924 e. The number of nitriles is 1. The molecule has 1 unspecified atom stereocenters. The van der Waals surface area contributed by atoms with Crippen molar-refractivity contribution in [1.29, 1.82) is 5.26 Å². The van der Waals surface area contributed by atoms with Crippen LogP contribution < -0.4 is 5.32 Å². The molecule has 2 rings (SSSR count). The lowest BCUT2D eigenvalue weighted by atomic mass is 9.84. The number of rotatable bonds is 5. The molecular formula is C17H24N2. The molecule has 0 heterocycles. The topological polar surface area (TPSA) is 35.8 Å². The summed E-state index contributed by atoms with van der Waals surface area (Å²) in [6, 6.07) is 11.3. The molecule has 1 fully saturated rings. The number of hydrogen-bond donors (Lipinski definition) is 1. The van der Waals surface area contributed by atoms with Gasteiger partial charge >= 0.3 is 0 Å². The standard InChI is InChI=1S/C17H24N2/c1-14(13-18)19-12-11-15-7-9-17(10-8-15)16-5-3-2-4-6-16/h7-10,14,16,19H,2-6,11-12H2,1H3. The normalized spacial score (nSPS) is 17.9. The molecule has 1 aliphatic rings. The first-order valence-electron chi connectivity index (χ1n) is 7.51. The maximum Gasteiger partial charge on any atom is 0.0924 e. The minimum atomic E-state index is -0.0542. The molecule has 1 saturated carbocycles. The Labute approximate surface area is 116 Å². The van der Waals surface area contributed by atoms with Crippen LogP contribution in [0.5, 0.6) is 0 Å². The van der Waals surface area contributed by atoms with Crippen LogP contribution in [-0.2, 0) is 6.42 Å². The van der Waals surface area contributed by atoms with Gasteiger partial charge in [-0.2, -0.15) is 5.26 Å². The maximum atomic E-state index is 8.70. The first-order valence-corrected chi connectivity index (χ1v) is 7.51. The van der Waals surface area contributed by atoms with E-state index in [1.54, 1.807) is 0 Å². The predicted octanol–water partition coefficient (Wildman–Crippen LogP) is 3.78. The molecule has 0 aromatic heterocycles. The summed E-state index contributed by atoms with van der Waals surface area (Å²) in [5, 5.41) is 11.9. The van der Waals surface area contributed by atoms with Crippen LogP contribution in [0, 0.1) is 11.3 Å². The van der Waals surface area contributed by atoms with Gasteiger partial charge in [0.25, 0.3) is 0 Å². The van der Waals surface area contributed by atoms with Crippen molar-refractivity contribution in [3.05, 3.63) is 35.4 Å². The lowest BCUT2D eigenvalue weighted by molar-refractivity contribution is 0.443. The van der Waals surface area contributed by atoms with Crippen LogP contribution in [0.2, 0.25) is 0 Å². The van der Waals surface area contributed by atoms with E-state index in [9.17, 15) is 0 Å². The van der Waals surface area contributed by atoms with Crippen LogP contribution >= 0.6 is 0 Å². The lowest BCUT2D eigenvalue weighted by Crippen LogP contribution is -2.26. The van der Waals surface area contributed by atoms with Gasteiger partial charge in [-0.15, -0.1) is 0 Å². The third-order valence-corrected chi connectivity index (χ3v) is 4.11. The van der Waals surface area contributed by atoms with E-state index in [2.05, 4.69) is 35.7 Å². The molecule has 1 atom stereocenters.